The highest BCUT2D eigenvalue weighted by Crippen LogP contribution is 2.38. The van der Waals surface area contributed by atoms with Crippen LogP contribution in [0.3, 0.4) is 0 Å². The molecular formula is C16H20N2OS. The van der Waals surface area contributed by atoms with Crippen LogP contribution in [0.2, 0.25) is 0 Å². The molecule has 3 nitrogen and oxygen atoms in total. The number of thioether (sulfide) groups is 1. The van der Waals surface area contributed by atoms with Crippen LogP contribution in [0, 0.1) is 11.3 Å². The molecule has 2 saturated heterocycles. The van der Waals surface area contributed by atoms with E-state index in [4.69, 9.17) is 10.00 Å². The van der Waals surface area contributed by atoms with Gasteiger partial charge in [0.1, 0.15) is 0 Å². The van der Waals surface area contributed by atoms with E-state index < -0.39 is 0 Å². The number of nitrogens with one attached hydrogen (secondary N) is 1. The van der Waals surface area contributed by atoms with E-state index in [9.17, 15) is 0 Å². The molecule has 0 saturated carbocycles. The molecule has 106 valence electrons. The van der Waals surface area contributed by atoms with Crippen molar-refractivity contribution >= 4 is 17.4 Å². The number of nitriles is 1. The molecule has 2 unspecified atom stereocenters. The Morgan fingerprint density at radius 3 is 2.95 bits per heavy atom. The first-order valence-electron chi connectivity index (χ1n) is 7.24. The van der Waals surface area contributed by atoms with Gasteiger partial charge in [-0.3, -0.25) is 0 Å². The maximum absolute atomic E-state index is 8.69. The third-order valence-corrected chi connectivity index (χ3v) is 5.39. The Morgan fingerprint density at radius 2 is 2.25 bits per heavy atom. The van der Waals surface area contributed by atoms with E-state index in [2.05, 4.69) is 23.5 Å². The van der Waals surface area contributed by atoms with Crippen LogP contribution in [0.5, 0.6) is 0 Å². The molecule has 2 atom stereocenters. The minimum Gasteiger partial charge on any atom is -0.382 e. The molecule has 0 aliphatic carbocycles. The zero-order valence-electron chi connectivity index (χ0n) is 11.6. The van der Waals surface area contributed by atoms with Crippen LogP contribution < -0.4 is 5.32 Å². The van der Waals surface area contributed by atoms with E-state index in [0.29, 0.717) is 12.5 Å². The molecule has 0 aromatic heterocycles. The first-order chi connectivity index (χ1) is 9.80. The quantitative estimate of drug-likeness (QED) is 0.927. The number of hydrogen-bond acceptors (Lipinski definition) is 4. The third kappa shape index (κ3) is 3.11. The minimum atomic E-state index is 0.126. The summed E-state index contributed by atoms with van der Waals surface area (Å²) in [7, 11) is 0. The highest BCUT2D eigenvalue weighted by Gasteiger charge is 2.40. The van der Waals surface area contributed by atoms with Crippen LogP contribution in [0.1, 0.15) is 24.8 Å². The summed E-state index contributed by atoms with van der Waals surface area (Å²) in [6.45, 7) is 0.866. The number of ether oxygens (including phenoxy) is 1. The Kier molecular flexibility index (Phi) is 4.18. The maximum Gasteiger partial charge on any atom is 0.0799 e. The summed E-state index contributed by atoms with van der Waals surface area (Å²) in [5.41, 5.74) is 2.36. The molecule has 0 radical (unpaired) electrons. The minimum absolute atomic E-state index is 0.126. The summed E-state index contributed by atoms with van der Waals surface area (Å²) >= 11 is 2.01. The second-order valence-corrected chi connectivity index (χ2v) is 6.81. The normalized spacial score (nSPS) is 29.2. The predicted octanol–water partition coefficient (Wildman–Crippen LogP) is 3.22. The summed E-state index contributed by atoms with van der Waals surface area (Å²) in [6.07, 6.45) is 3.86. The van der Waals surface area contributed by atoms with Crippen molar-refractivity contribution in [3.63, 3.8) is 0 Å². The summed E-state index contributed by atoms with van der Waals surface area (Å²) in [4.78, 5) is 0. The molecule has 2 heterocycles. The molecule has 1 N–H and O–H groups in total. The molecule has 2 aliphatic heterocycles. The Balaban J connectivity index is 1.61. The molecular weight excluding hydrogens is 268 g/mol. The first kappa shape index (κ1) is 13.8. The standard InChI is InChI=1S/C16H20N2OS/c17-8-5-13-1-3-14(4-2-13)18-15-6-9-19-16(11-15)7-10-20-12-16/h1-4,15,18H,5-7,9-12H2. The van der Waals surface area contributed by atoms with Crippen molar-refractivity contribution < 1.29 is 4.74 Å². The Labute approximate surface area is 124 Å². The van der Waals surface area contributed by atoms with Crippen LogP contribution in [-0.4, -0.2) is 29.8 Å². The molecule has 2 aliphatic rings. The van der Waals surface area contributed by atoms with Gasteiger partial charge >= 0.3 is 0 Å². The summed E-state index contributed by atoms with van der Waals surface area (Å²) in [5.74, 6) is 2.38. The second-order valence-electron chi connectivity index (χ2n) is 5.70. The van der Waals surface area contributed by atoms with Crippen molar-refractivity contribution in [1.29, 1.82) is 5.26 Å². The van der Waals surface area contributed by atoms with Crippen molar-refractivity contribution in [2.75, 3.05) is 23.4 Å². The monoisotopic (exact) mass is 288 g/mol. The first-order valence-corrected chi connectivity index (χ1v) is 8.39. The fourth-order valence-electron chi connectivity index (χ4n) is 3.06. The van der Waals surface area contributed by atoms with Crippen molar-refractivity contribution in [2.24, 2.45) is 0 Å². The van der Waals surface area contributed by atoms with E-state index in [1.165, 1.54) is 12.2 Å². The third-order valence-electron chi connectivity index (χ3n) is 4.17. The molecule has 0 amide bonds. The molecule has 4 heteroatoms. The number of hydrogen-bond donors (Lipinski definition) is 1. The number of nitrogens with zero attached hydrogens (tertiary/aromatic N) is 1. The van der Waals surface area contributed by atoms with Crippen LogP contribution in [0.4, 0.5) is 5.69 Å². The lowest BCUT2D eigenvalue weighted by Crippen LogP contribution is -2.44. The van der Waals surface area contributed by atoms with Crippen LogP contribution in [0.25, 0.3) is 0 Å². The van der Waals surface area contributed by atoms with Gasteiger partial charge in [-0.05, 0) is 42.7 Å². The van der Waals surface area contributed by atoms with Gasteiger partial charge in [0.2, 0.25) is 0 Å². The van der Waals surface area contributed by atoms with Gasteiger partial charge in [-0.1, -0.05) is 12.1 Å². The topological polar surface area (TPSA) is 45.0 Å². The van der Waals surface area contributed by atoms with Crippen molar-refractivity contribution in [1.82, 2.24) is 0 Å². The van der Waals surface area contributed by atoms with Gasteiger partial charge in [-0.2, -0.15) is 17.0 Å². The van der Waals surface area contributed by atoms with E-state index in [-0.39, 0.29) is 5.60 Å². The Hall–Kier alpha value is -1.18. The van der Waals surface area contributed by atoms with Gasteiger partial charge in [0.25, 0.3) is 0 Å². The van der Waals surface area contributed by atoms with Gasteiger partial charge in [0, 0.05) is 24.1 Å². The zero-order chi connectivity index (χ0) is 13.8. The van der Waals surface area contributed by atoms with Gasteiger partial charge in [0.15, 0.2) is 0 Å². The molecule has 1 aromatic carbocycles. The molecule has 1 aromatic rings. The van der Waals surface area contributed by atoms with Crippen LogP contribution in [-0.2, 0) is 11.2 Å². The fraction of sp³-hybridized carbons (Fsp3) is 0.562. The lowest BCUT2D eigenvalue weighted by atomic mass is 9.89. The average Bonchev–Trinajstić information content (AvgIpc) is 2.89. The van der Waals surface area contributed by atoms with E-state index >= 15 is 0 Å². The lowest BCUT2D eigenvalue weighted by Gasteiger charge is -2.38. The number of anilines is 1. The van der Waals surface area contributed by atoms with Crippen LogP contribution in [0.15, 0.2) is 24.3 Å². The van der Waals surface area contributed by atoms with Crippen molar-refractivity contribution in [3.8, 4) is 6.07 Å². The second kappa shape index (κ2) is 6.07. The van der Waals surface area contributed by atoms with Crippen molar-refractivity contribution in [2.45, 2.75) is 37.3 Å². The largest absolute Gasteiger partial charge is 0.382 e. The van der Waals surface area contributed by atoms with E-state index in [1.54, 1.807) is 0 Å². The van der Waals surface area contributed by atoms with E-state index in [1.807, 2.05) is 23.9 Å². The summed E-state index contributed by atoms with van der Waals surface area (Å²) in [6, 6.07) is 10.9. The molecule has 2 fully saturated rings. The predicted molar refractivity (Wildman–Crippen MR) is 83.0 cm³/mol. The number of benzene rings is 1. The fourth-order valence-corrected chi connectivity index (χ4v) is 4.44. The van der Waals surface area contributed by atoms with Crippen LogP contribution >= 0.6 is 11.8 Å². The van der Waals surface area contributed by atoms with E-state index in [0.717, 1.165) is 36.5 Å². The van der Waals surface area contributed by atoms with Gasteiger partial charge in [0.05, 0.1) is 18.1 Å². The highest BCUT2D eigenvalue weighted by atomic mass is 32.2. The Morgan fingerprint density at radius 1 is 1.40 bits per heavy atom. The highest BCUT2D eigenvalue weighted by molar-refractivity contribution is 7.99. The SMILES string of the molecule is N#CCc1ccc(NC2CCOC3(CCSC3)C2)cc1. The molecule has 3 rings (SSSR count). The van der Waals surface area contributed by atoms with Crippen molar-refractivity contribution in [3.05, 3.63) is 29.8 Å². The summed E-state index contributed by atoms with van der Waals surface area (Å²) in [5, 5.41) is 12.3. The lowest BCUT2D eigenvalue weighted by molar-refractivity contribution is -0.0628. The Bertz CT molecular complexity index is 488. The average molecular weight is 288 g/mol. The molecule has 20 heavy (non-hydrogen) atoms. The van der Waals surface area contributed by atoms with Gasteiger partial charge in [-0.25, -0.2) is 0 Å². The van der Waals surface area contributed by atoms with Gasteiger partial charge in [-0.15, -0.1) is 0 Å². The maximum atomic E-state index is 8.69. The van der Waals surface area contributed by atoms with Gasteiger partial charge < -0.3 is 10.1 Å². The molecule has 0 bridgehead atoms. The number of rotatable bonds is 3. The zero-order valence-corrected chi connectivity index (χ0v) is 12.4. The molecule has 1 spiro atoms. The summed E-state index contributed by atoms with van der Waals surface area (Å²) < 4.78 is 6.05. The smallest absolute Gasteiger partial charge is 0.0799 e.